The zero-order valence-electron chi connectivity index (χ0n) is 10.0. The molecule has 0 fully saturated rings. The number of anilines is 1. The summed E-state index contributed by atoms with van der Waals surface area (Å²) in [6, 6.07) is 0. The van der Waals surface area contributed by atoms with Gasteiger partial charge in [-0.2, -0.15) is 5.10 Å². The van der Waals surface area contributed by atoms with E-state index in [0.29, 0.717) is 13.0 Å². The van der Waals surface area contributed by atoms with E-state index in [1.807, 2.05) is 20.2 Å². The Morgan fingerprint density at radius 3 is 2.75 bits per heavy atom. The molecule has 0 saturated carbocycles. The minimum atomic E-state index is -2.85. The molecule has 0 aliphatic heterocycles. The predicted octanol–water partition coefficient (Wildman–Crippen LogP) is 0.829. The number of aryl methyl sites for hydroxylation is 2. The van der Waals surface area contributed by atoms with Crippen LogP contribution in [-0.2, 0) is 23.3 Å². The lowest BCUT2D eigenvalue weighted by Crippen LogP contribution is -2.10. The van der Waals surface area contributed by atoms with Gasteiger partial charge in [-0.15, -0.1) is 0 Å². The van der Waals surface area contributed by atoms with Crippen molar-refractivity contribution in [2.24, 2.45) is 7.05 Å². The molecule has 0 unspecified atom stereocenters. The summed E-state index contributed by atoms with van der Waals surface area (Å²) in [6.45, 7) is 2.70. The predicted molar refractivity (Wildman–Crippen MR) is 65.4 cm³/mol. The summed E-state index contributed by atoms with van der Waals surface area (Å²) in [5.74, 6) is 0.224. The molecule has 0 bridgehead atoms. The Morgan fingerprint density at radius 1 is 1.50 bits per heavy atom. The van der Waals surface area contributed by atoms with Crippen LogP contribution < -0.4 is 5.32 Å². The van der Waals surface area contributed by atoms with Gasteiger partial charge in [-0.05, 0) is 12.8 Å². The van der Waals surface area contributed by atoms with Gasteiger partial charge >= 0.3 is 0 Å². The number of hydrogen-bond donors (Lipinski definition) is 1. The van der Waals surface area contributed by atoms with Crippen LogP contribution >= 0.6 is 0 Å². The molecule has 0 spiro atoms. The van der Waals surface area contributed by atoms with Crippen molar-refractivity contribution < 1.29 is 8.42 Å². The number of aromatic nitrogens is 2. The topological polar surface area (TPSA) is 64.0 Å². The van der Waals surface area contributed by atoms with Crippen LogP contribution in [0.4, 0.5) is 5.69 Å². The Morgan fingerprint density at radius 2 is 2.19 bits per heavy atom. The highest BCUT2D eigenvalue weighted by atomic mass is 32.2. The van der Waals surface area contributed by atoms with Gasteiger partial charge in [-0.1, -0.05) is 6.92 Å². The van der Waals surface area contributed by atoms with Crippen molar-refractivity contribution in [1.29, 1.82) is 0 Å². The number of nitrogens with one attached hydrogen (secondary N) is 1. The molecule has 0 atom stereocenters. The summed E-state index contributed by atoms with van der Waals surface area (Å²) >= 11 is 0. The fourth-order valence-electron chi connectivity index (χ4n) is 1.50. The fourth-order valence-corrected chi connectivity index (χ4v) is 2.17. The van der Waals surface area contributed by atoms with Crippen molar-refractivity contribution in [3.05, 3.63) is 11.9 Å². The van der Waals surface area contributed by atoms with Crippen LogP contribution in [0.15, 0.2) is 6.20 Å². The van der Waals surface area contributed by atoms with E-state index in [2.05, 4.69) is 10.4 Å². The van der Waals surface area contributed by atoms with Crippen LogP contribution in [-0.4, -0.2) is 36.8 Å². The highest BCUT2D eigenvalue weighted by molar-refractivity contribution is 7.90. The van der Waals surface area contributed by atoms with Crippen molar-refractivity contribution in [3.8, 4) is 0 Å². The summed E-state index contributed by atoms with van der Waals surface area (Å²) in [5, 5.41) is 7.50. The number of nitrogens with zero attached hydrogens (tertiary/aromatic N) is 2. The van der Waals surface area contributed by atoms with Gasteiger partial charge in [0.25, 0.3) is 0 Å². The molecule has 1 heterocycles. The molecule has 0 amide bonds. The highest BCUT2D eigenvalue weighted by Gasteiger charge is 2.05. The van der Waals surface area contributed by atoms with Crippen LogP contribution in [0.25, 0.3) is 0 Å². The van der Waals surface area contributed by atoms with Crippen molar-refractivity contribution in [1.82, 2.24) is 9.78 Å². The van der Waals surface area contributed by atoms with Gasteiger partial charge in [-0.25, -0.2) is 8.42 Å². The summed E-state index contributed by atoms with van der Waals surface area (Å²) in [5.41, 5.74) is 2.01. The molecule has 0 aromatic carbocycles. The highest BCUT2D eigenvalue weighted by Crippen LogP contribution is 2.13. The summed E-state index contributed by atoms with van der Waals surface area (Å²) in [6.07, 6.45) is 4.67. The van der Waals surface area contributed by atoms with Crippen LogP contribution in [0.3, 0.4) is 0 Å². The van der Waals surface area contributed by atoms with E-state index in [1.165, 1.54) is 6.26 Å². The van der Waals surface area contributed by atoms with Crippen LogP contribution in [0.2, 0.25) is 0 Å². The molecule has 0 radical (unpaired) electrons. The Labute approximate surface area is 96.8 Å². The largest absolute Gasteiger partial charge is 0.382 e. The molecule has 1 rings (SSSR count). The second-order valence-electron chi connectivity index (χ2n) is 3.93. The standard InChI is InChI=1S/C10H19N3O2S/c1-4-9-10(8-13(2)12-9)11-6-5-7-16(3,14)15/h8,11H,4-7H2,1-3H3. The maximum atomic E-state index is 10.9. The molecule has 1 aromatic rings. The Hall–Kier alpha value is -1.04. The molecule has 16 heavy (non-hydrogen) atoms. The fraction of sp³-hybridized carbons (Fsp3) is 0.700. The van der Waals surface area contributed by atoms with Crippen LogP contribution in [0, 0.1) is 0 Å². The van der Waals surface area contributed by atoms with Crippen molar-refractivity contribution >= 4 is 15.5 Å². The lowest BCUT2D eigenvalue weighted by molar-refractivity contribution is 0.600. The summed E-state index contributed by atoms with van der Waals surface area (Å²) < 4.78 is 23.6. The molecule has 6 heteroatoms. The van der Waals surface area contributed by atoms with Gasteiger partial charge in [0.05, 0.1) is 17.1 Å². The van der Waals surface area contributed by atoms with E-state index >= 15 is 0 Å². The van der Waals surface area contributed by atoms with E-state index < -0.39 is 9.84 Å². The first-order valence-corrected chi connectivity index (χ1v) is 7.42. The molecular formula is C10H19N3O2S. The first kappa shape index (κ1) is 13.0. The molecule has 0 saturated heterocycles. The lowest BCUT2D eigenvalue weighted by atomic mass is 10.3. The summed E-state index contributed by atoms with van der Waals surface area (Å²) in [4.78, 5) is 0. The smallest absolute Gasteiger partial charge is 0.147 e. The quantitative estimate of drug-likeness (QED) is 0.754. The number of rotatable bonds is 6. The molecule has 1 N–H and O–H groups in total. The van der Waals surface area contributed by atoms with Crippen LogP contribution in [0.5, 0.6) is 0 Å². The van der Waals surface area contributed by atoms with Crippen molar-refractivity contribution in [2.75, 3.05) is 23.9 Å². The number of sulfone groups is 1. The average Bonchev–Trinajstić information content (AvgIpc) is 2.52. The Balaban J connectivity index is 2.42. The molecule has 92 valence electrons. The van der Waals surface area contributed by atoms with E-state index in [1.54, 1.807) is 4.68 Å². The first-order chi connectivity index (χ1) is 7.42. The third-order valence-electron chi connectivity index (χ3n) is 2.25. The second kappa shape index (κ2) is 5.34. The van der Waals surface area contributed by atoms with E-state index in [4.69, 9.17) is 0 Å². The van der Waals surface area contributed by atoms with E-state index in [0.717, 1.165) is 17.8 Å². The Bertz CT molecular complexity index is 437. The van der Waals surface area contributed by atoms with Crippen molar-refractivity contribution in [3.63, 3.8) is 0 Å². The first-order valence-electron chi connectivity index (χ1n) is 5.36. The van der Waals surface area contributed by atoms with Gasteiger partial charge < -0.3 is 5.32 Å². The third-order valence-corrected chi connectivity index (χ3v) is 3.28. The van der Waals surface area contributed by atoms with Gasteiger partial charge in [0.1, 0.15) is 9.84 Å². The van der Waals surface area contributed by atoms with Gasteiger partial charge in [-0.3, -0.25) is 4.68 Å². The Kier molecular flexibility index (Phi) is 4.35. The minimum Gasteiger partial charge on any atom is -0.382 e. The average molecular weight is 245 g/mol. The lowest BCUT2D eigenvalue weighted by Gasteiger charge is -2.04. The van der Waals surface area contributed by atoms with Gasteiger partial charge in [0, 0.05) is 26.0 Å². The van der Waals surface area contributed by atoms with Crippen LogP contribution in [0.1, 0.15) is 19.0 Å². The minimum absolute atomic E-state index is 0.224. The zero-order chi connectivity index (χ0) is 12.2. The molecular weight excluding hydrogens is 226 g/mol. The van der Waals surface area contributed by atoms with E-state index in [-0.39, 0.29) is 5.75 Å². The zero-order valence-corrected chi connectivity index (χ0v) is 10.8. The molecule has 0 aliphatic carbocycles. The normalized spacial score (nSPS) is 11.7. The maximum absolute atomic E-state index is 10.9. The van der Waals surface area contributed by atoms with Gasteiger partial charge in [0.15, 0.2) is 0 Å². The molecule has 1 aromatic heterocycles. The van der Waals surface area contributed by atoms with Crippen molar-refractivity contribution in [2.45, 2.75) is 19.8 Å². The monoisotopic (exact) mass is 245 g/mol. The number of hydrogen-bond acceptors (Lipinski definition) is 4. The maximum Gasteiger partial charge on any atom is 0.147 e. The van der Waals surface area contributed by atoms with Gasteiger partial charge in [0.2, 0.25) is 0 Å². The molecule has 0 aliphatic rings. The summed E-state index contributed by atoms with van der Waals surface area (Å²) in [7, 11) is -0.974. The second-order valence-corrected chi connectivity index (χ2v) is 6.19. The SMILES string of the molecule is CCc1nn(C)cc1NCCCS(C)(=O)=O. The van der Waals surface area contributed by atoms with E-state index in [9.17, 15) is 8.42 Å². The molecule has 5 nitrogen and oxygen atoms in total. The third kappa shape index (κ3) is 4.22.